The molecule has 0 radical (unpaired) electrons. The Hall–Kier alpha value is -2.24. The van der Waals surface area contributed by atoms with E-state index in [4.69, 9.17) is 15.2 Å². The highest BCUT2D eigenvalue weighted by atomic mass is 35.5. The lowest BCUT2D eigenvalue weighted by atomic mass is 10.1. The summed E-state index contributed by atoms with van der Waals surface area (Å²) in [5.41, 5.74) is 7.43. The number of carbonyl (C=O) groups excluding carboxylic acids is 1. The van der Waals surface area contributed by atoms with Gasteiger partial charge in [-0.15, -0.1) is 12.4 Å². The van der Waals surface area contributed by atoms with E-state index in [0.717, 1.165) is 18.4 Å². The molecular weight excluding hydrogens is 352 g/mol. The van der Waals surface area contributed by atoms with Gasteiger partial charge in [0, 0.05) is 11.8 Å². The first-order chi connectivity index (χ1) is 12.2. The number of nitrogens with one attached hydrogen (secondary N) is 1. The fourth-order valence-electron chi connectivity index (χ4n) is 2.27. The zero-order valence-corrected chi connectivity index (χ0v) is 16.1. The van der Waals surface area contributed by atoms with Crippen LogP contribution >= 0.6 is 12.4 Å². The van der Waals surface area contributed by atoms with Crippen molar-refractivity contribution in [3.63, 3.8) is 0 Å². The molecule has 1 unspecified atom stereocenters. The van der Waals surface area contributed by atoms with E-state index in [-0.39, 0.29) is 18.3 Å². The van der Waals surface area contributed by atoms with Crippen LogP contribution in [-0.2, 0) is 4.79 Å². The molecular formula is C20H27ClN2O3. The van der Waals surface area contributed by atoms with Gasteiger partial charge in [0.1, 0.15) is 6.04 Å². The molecule has 26 heavy (non-hydrogen) atoms. The van der Waals surface area contributed by atoms with E-state index < -0.39 is 6.04 Å². The zero-order chi connectivity index (χ0) is 18.1. The number of ether oxygens (including phenoxy) is 2. The van der Waals surface area contributed by atoms with Gasteiger partial charge >= 0.3 is 0 Å². The van der Waals surface area contributed by atoms with Crippen molar-refractivity contribution in [2.45, 2.75) is 32.7 Å². The molecule has 2 aromatic rings. The normalized spacial score (nSPS) is 11.2. The minimum absolute atomic E-state index is 0. The quantitative estimate of drug-likeness (QED) is 0.681. The van der Waals surface area contributed by atoms with Crippen LogP contribution in [0.1, 0.15) is 38.3 Å². The highest BCUT2D eigenvalue weighted by Crippen LogP contribution is 2.31. The van der Waals surface area contributed by atoms with E-state index in [2.05, 4.69) is 5.32 Å². The van der Waals surface area contributed by atoms with Crippen molar-refractivity contribution < 1.29 is 14.3 Å². The summed E-state index contributed by atoms with van der Waals surface area (Å²) in [6, 6.07) is 13.9. The van der Waals surface area contributed by atoms with Crippen LogP contribution in [0.2, 0.25) is 0 Å². The average Bonchev–Trinajstić information content (AvgIpc) is 2.65. The van der Waals surface area contributed by atoms with Crippen LogP contribution in [-0.4, -0.2) is 19.1 Å². The topological polar surface area (TPSA) is 73.6 Å². The van der Waals surface area contributed by atoms with Crippen LogP contribution in [0.25, 0.3) is 0 Å². The van der Waals surface area contributed by atoms with Gasteiger partial charge in [0.2, 0.25) is 5.91 Å². The summed E-state index contributed by atoms with van der Waals surface area (Å²) >= 11 is 0. The number of hydrogen-bond acceptors (Lipinski definition) is 4. The van der Waals surface area contributed by atoms with Gasteiger partial charge in [0.05, 0.1) is 13.2 Å². The number of halogens is 1. The Labute approximate surface area is 161 Å². The number of rotatable bonds is 9. The highest BCUT2D eigenvalue weighted by Gasteiger charge is 2.16. The minimum Gasteiger partial charge on any atom is -0.490 e. The van der Waals surface area contributed by atoms with E-state index in [1.165, 1.54) is 0 Å². The Morgan fingerprint density at radius 3 is 2.23 bits per heavy atom. The molecule has 5 nitrogen and oxygen atoms in total. The molecule has 0 saturated carbocycles. The average molecular weight is 379 g/mol. The Balaban J connectivity index is 0.00000338. The second-order valence-electron chi connectivity index (χ2n) is 5.74. The number of anilines is 1. The summed E-state index contributed by atoms with van der Waals surface area (Å²) in [6.45, 7) is 5.29. The maximum Gasteiger partial charge on any atom is 0.245 e. The van der Waals surface area contributed by atoms with Crippen molar-refractivity contribution in [2.75, 3.05) is 18.5 Å². The van der Waals surface area contributed by atoms with Crippen LogP contribution in [0.15, 0.2) is 48.5 Å². The zero-order valence-electron chi connectivity index (χ0n) is 15.2. The van der Waals surface area contributed by atoms with Gasteiger partial charge in [-0.2, -0.15) is 0 Å². The number of amides is 1. The molecule has 1 amide bonds. The van der Waals surface area contributed by atoms with Crippen LogP contribution in [0.5, 0.6) is 11.5 Å². The lowest BCUT2D eigenvalue weighted by Gasteiger charge is -2.16. The molecule has 0 aliphatic carbocycles. The van der Waals surface area contributed by atoms with Crippen molar-refractivity contribution in [3.05, 3.63) is 54.1 Å². The third kappa shape index (κ3) is 6.24. The van der Waals surface area contributed by atoms with Crippen molar-refractivity contribution in [1.29, 1.82) is 0 Å². The van der Waals surface area contributed by atoms with E-state index >= 15 is 0 Å². The van der Waals surface area contributed by atoms with E-state index in [9.17, 15) is 4.79 Å². The van der Waals surface area contributed by atoms with Gasteiger partial charge in [-0.1, -0.05) is 44.2 Å². The number of hydrogen-bond donors (Lipinski definition) is 2. The lowest BCUT2D eigenvalue weighted by Crippen LogP contribution is -2.27. The van der Waals surface area contributed by atoms with Crippen LogP contribution in [0, 0.1) is 0 Å². The summed E-state index contributed by atoms with van der Waals surface area (Å²) < 4.78 is 11.4. The largest absolute Gasteiger partial charge is 0.490 e. The molecule has 2 rings (SSSR count). The molecule has 0 bridgehead atoms. The van der Waals surface area contributed by atoms with E-state index in [0.29, 0.717) is 30.4 Å². The van der Waals surface area contributed by atoms with Crippen LogP contribution < -0.4 is 20.5 Å². The van der Waals surface area contributed by atoms with Gasteiger partial charge in [0.15, 0.2) is 11.5 Å². The predicted molar refractivity (Wildman–Crippen MR) is 107 cm³/mol. The Morgan fingerprint density at radius 2 is 1.62 bits per heavy atom. The number of carbonyl (C=O) groups is 1. The van der Waals surface area contributed by atoms with Crippen LogP contribution in [0.4, 0.5) is 5.69 Å². The predicted octanol–water partition coefficient (Wildman–Crippen LogP) is 4.32. The molecule has 0 saturated heterocycles. The highest BCUT2D eigenvalue weighted by molar-refractivity contribution is 5.95. The molecule has 0 aliphatic heterocycles. The summed E-state index contributed by atoms with van der Waals surface area (Å²) in [7, 11) is 0. The molecule has 0 heterocycles. The van der Waals surface area contributed by atoms with Gasteiger partial charge in [0.25, 0.3) is 0 Å². The maximum atomic E-state index is 12.4. The molecule has 0 aromatic heterocycles. The molecule has 0 aliphatic rings. The molecule has 3 N–H and O–H groups in total. The summed E-state index contributed by atoms with van der Waals surface area (Å²) in [4.78, 5) is 12.4. The lowest BCUT2D eigenvalue weighted by molar-refractivity contribution is -0.117. The fourth-order valence-corrected chi connectivity index (χ4v) is 2.27. The summed E-state index contributed by atoms with van der Waals surface area (Å²) in [6.07, 6.45) is 1.81. The van der Waals surface area contributed by atoms with Crippen molar-refractivity contribution in [3.8, 4) is 11.5 Å². The Kier molecular flexibility index (Phi) is 9.55. The molecule has 1 atom stereocenters. The van der Waals surface area contributed by atoms with Gasteiger partial charge in [-0.3, -0.25) is 4.79 Å². The standard InChI is InChI=1S/C20H26N2O3.ClH/c1-3-12-24-17-11-10-16(14-18(17)25-13-4-2)22-20(23)19(21)15-8-6-5-7-9-15;/h5-11,14,19H,3-4,12-13,21H2,1-2H3,(H,22,23);1H. The first-order valence-electron chi connectivity index (χ1n) is 8.66. The van der Waals surface area contributed by atoms with E-state index in [1.54, 1.807) is 12.1 Å². The molecule has 0 fully saturated rings. The fraction of sp³-hybridized carbons (Fsp3) is 0.350. The Morgan fingerprint density at radius 1 is 1.00 bits per heavy atom. The SMILES string of the molecule is CCCOc1ccc(NC(=O)C(N)c2ccccc2)cc1OCCC.Cl. The van der Waals surface area contributed by atoms with E-state index in [1.807, 2.05) is 50.2 Å². The third-order valence-corrected chi connectivity index (χ3v) is 3.58. The van der Waals surface area contributed by atoms with Crippen molar-refractivity contribution in [1.82, 2.24) is 0 Å². The van der Waals surface area contributed by atoms with Crippen molar-refractivity contribution in [2.24, 2.45) is 5.73 Å². The van der Waals surface area contributed by atoms with Crippen LogP contribution in [0.3, 0.4) is 0 Å². The van der Waals surface area contributed by atoms with Gasteiger partial charge in [-0.25, -0.2) is 0 Å². The number of benzene rings is 2. The smallest absolute Gasteiger partial charge is 0.245 e. The first kappa shape index (κ1) is 21.8. The maximum absolute atomic E-state index is 12.4. The molecule has 0 spiro atoms. The Bertz CT molecular complexity index is 680. The third-order valence-electron chi connectivity index (χ3n) is 3.58. The summed E-state index contributed by atoms with van der Waals surface area (Å²) in [5.74, 6) is 1.04. The van der Waals surface area contributed by atoms with Crippen molar-refractivity contribution >= 4 is 24.0 Å². The monoisotopic (exact) mass is 378 g/mol. The first-order valence-corrected chi connectivity index (χ1v) is 8.66. The van der Waals surface area contributed by atoms with Gasteiger partial charge < -0.3 is 20.5 Å². The molecule has 6 heteroatoms. The minimum atomic E-state index is -0.725. The second-order valence-corrected chi connectivity index (χ2v) is 5.74. The van der Waals surface area contributed by atoms with Gasteiger partial charge in [-0.05, 0) is 30.5 Å². The number of nitrogens with two attached hydrogens (primary N) is 1. The summed E-state index contributed by atoms with van der Waals surface area (Å²) in [5, 5.41) is 2.84. The molecule has 2 aromatic carbocycles. The molecule has 142 valence electrons. The second kappa shape index (κ2) is 11.4.